The van der Waals surface area contributed by atoms with Crippen molar-refractivity contribution in [1.29, 1.82) is 0 Å². The minimum atomic E-state index is -0.780. The van der Waals surface area contributed by atoms with E-state index in [1.54, 1.807) is 18.2 Å². The van der Waals surface area contributed by atoms with Crippen molar-refractivity contribution in [2.45, 2.75) is 0 Å². The first-order chi connectivity index (χ1) is 7.70. The van der Waals surface area contributed by atoms with E-state index in [1.165, 1.54) is 18.5 Å². The molecule has 0 aliphatic carbocycles. The van der Waals surface area contributed by atoms with Crippen LogP contribution in [-0.4, -0.2) is 20.7 Å². The number of nitrogens with zero attached hydrogens (tertiary/aromatic N) is 3. The standard InChI is InChI=1S/C10H8N4O2/c11-9(15)7-4-6-13-14(10(7)16)8-3-1-2-5-12-8/h1-6H,(H2,11,15). The first-order valence-corrected chi connectivity index (χ1v) is 4.49. The van der Waals surface area contributed by atoms with Gasteiger partial charge in [0.15, 0.2) is 5.82 Å². The van der Waals surface area contributed by atoms with E-state index in [9.17, 15) is 9.59 Å². The molecule has 0 aromatic carbocycles. The van der Waals surface area contributed by atoms with Crippen molar-refractivity contribution >= 4 is 5.91 Å². The highest BCUT2D eigenvalue weighted by Gasteiger charge is 2.10. The molecule has 0 saturated heterocycles. The molecule has 6 nitrogen and oxygen atoms in total. The van der Waals surface area contributed by atoms with Gasteiger partial charge in [0.1, 0.15) is 5.56 Å². The van der Waals surface area contributed by atoms with Gasteiger partial charge in [-0.2, -0.15) is 9.78 Å². The average molecular weight is 216 g/mol. The summed E-state index contributed by atoms with van der Waals surface area (Å²) in [7, 11) is 0. The molecule has 0 spiro atoms. The zero-order valence-electron chi connectivity index (χ0n) is 8.20. The lowest BCUT2D eigenvalue weighted by atomic mass is 10.3. The Kier molecular flexibility index (Phi) is 2.47. The number of carbonyl (C=O) groups is 1. The molecule has 2 heterocycles. The average Bonchev–Trinajstić information content (AvgIpc) is 2.30. The molecule has 0 aliphatic heterocycles. The van der Waals surface area contributed by atoms with E-state index in [0.29, 0.717) is 5.82 Å². The summed E-state index contributed by atoms with van der Waals surface area (Å²) in [5, 5.41) is 3.83. The van der Waals surface area contributed by atoms with Crippen LogP contribution in [0.25, 0.3) is 5.82 Å². The predicted octanol–water partition coefficient (Wildman–Crippen LogP) is -0.274. The van der Waals surface area contributed by atoms with Crippen molar-refractivity contribution in [1.82, 2.24) is 14.8 Å². The fraction of sp³-hybridized carbons (Fsp3) is 0. The normalized spacial score (nSPS) is 10.0. The number of primary amides is 1. The molecule has 2 aromatic rings. The van der Waals surface area contributed by atoms with Crippen LogP contribution in [-0.2, 0) is 0 Å². The molecule has 16 heavy (non-hydrogen) atoms. The topological polar surface area (TPSA) is 90.9 Å². The van der Waals surface area contributed by atoms with Crippen LogP contribution in [0.4, 0.5) is 0 Å². The number of carbonyl (C=O) groups excluding carboxylic acids is 1. The second-order valence-electron chi connectivity index (χ2n) is 3.01. The third kappa shape index (κ3) is 1.68. The van der Waals surface area contributed by atoms with E-state index < -0.39 is 11.5 Å². The number of pyridine rings is 1. The number of amides is 1. The van der Waals surface area contributed by atoms with Gasteiger partial charge in [-0.15, -0.1) is 0 Å². The quantitative estimate of drug-likeness (QED) is 0.747. The molecule has 6 heteroatoms. The van der Waals surface area contributed by atoms with Gasteiger partial charge in [-0.3, -0.25) is 9.59 Å². The number of nitrogens with two attached hydrogens (primary N) is 1. The first-order valence-electron chi connectivity index (χ1n) is 4.49. The fourth-order valence-corrected chi connectivity index (χ4v) is 1.24. The van der Waals surface area contributed by atoms with Crippen LogP contribution in [0.1, 0.15) is 10.4 Å². The van der Waals surface area contributed by atoms with Gasteiger partial charge in [-0.25, -0.2) is 4.98 Å². The van der Waals surface area contributed by atoms with Crippen LogP contribution in [0.5, 0.6) is 0 Å². The van der Waals surface area contributed by atoms with Crippen molar-refractivity contribution in [3.05, 3.63) is 52.6 Å². The van der Waals surface area contributed by atoms with E-state index in [2.05, 4.69) is 10.1 Å². The molecule has 0 unspecified atom stereocenters. The number of hydrogen-bond acceptors (Lipinski definition) is 4. The van der Waals surface area contributed by atoms with Gasteiger partial charge in [0.05, 0.1) is 0 Å². The Morgan fingerprint density at radius 3 is 2.69 bits per heavy atom. The van der Waals surface area contributed by atoms with Gasteiger partial charge in [-0.05, 0) is 18.2 Å². The number of rotatable bonds is 2. The second kappa shape index (κ2) is 3.93. The van der Waals surface area contributed by atoms with Crippen LogP contribution >= 0.6 is 0 Å². The van der Waals surface area contributed by atoms with Crippen LogP contribution in [0.3, 0.4) is 0 Å². The number of aromatic nitrogens is 3. The molecule has 0 saturated carbocycles. The van der Waals surface area contributed by atoms with E-state index in [0.717, 1.165) is 4.68 Å². The molecule has 2 aromatic heterocycles. The summed E-state index contributed by atoms with van der Waals surface area (Å²) < 4.78 is 1.03. The van der Waals surface area contributed by atoms with Crippen molar-refractivity contribution in [2.75, 3.05) is 0 Å². The van der Waals surface area contributed by atoms with Gasteiger partial charge < -0.3 is 5.73 Å². The van der Waals surface area contributed by atoms with Gasteiger partial charge in [0.25, 0.3) is 11.5 Å². The Balaban J connectivity index is 2.64. The van der Waals surface area contributed by atoms with Crippen LogP contribution in [0, 0.1) is 0 Å². The monoisotopic (exact) mass is 216 g/mol. The molecule has 0 bridgehead atoms. The van der Waals surface area contributed by atoms with Gasteiger partial charge in [0.2, 0.25) is 0 Å². The lowest BCUT2D eigenvalue weighted by Gasteiger charge is -2.03. The Bertz CT molecular complexity index is 577. The summed E-state index contributed by atoms with van der Waals surface area (Å²) in [6.45, 7) is 0. The molecular weight excluding hydrogens is 208 g/mol. The van der Waals surface area contributed by atoms with E-state index in [4.69, 9.17) is 5.73 Å². The van der Waals surface area contributed by atoms with E-state index in [-0.39, 0.29) is 5.56 Å². The minimum absolute atomic E-state index is 0.111. The number of hydrogen-bond donors (Lipinski definition) is 1. The predicted molar refractivity (Wildman–Crippen MR) is 56.1 cm³/mol. The Morgan fingerprint density at radius 1 is 1.25 bits per heavy atom. The van der Waals surface area contributed by atoms with Gasteiger partial charge in [0, 0.05) is 12.4 Å². The largest absolute Gasteiger partial charge is 0.365 e. The van der Waals surface area contributed by atoms with Crippen molar-refractivity contribution in [3.63, 3.8) is 0 Å². The highest BCUT2D eigenvalue weighted by Crippen LogP contribution is 1.97. The summed E-state index contributed by atoms with van der Waals surface area (Å²) in [4.78, 5) is 26.7. The Labute approximate surface area is 90.4 Å². The zero-order valence-corrected chi connectivity index (χ0v) is 8.20. The van der Waals surface area contributed by atoms with Crippen LogP contribution < -0.4 is 11.3 Å². The van der Waals surface area contributed by atoms with Crippen LogP contribution in [0.2, 0.25) is 0 Å². The third-order valence-electron chi connectivity index (χ3n) is 1.98. The summed E-state index contributed by atoms with van der Waals surface area (Å²) in [6, 6.07) is 6.32. The lowest BCUT2D eigenvalue weighted by Crippen LogP contribution is -2.30. The minimum Gasteiger partial charge on any atom is -0.365 e. The second-order valence-corrected chi connectivity index (χ2v) is 3.01. The third-order valence-corrected chi connectivity index (χ3v) is 1.98. The molecule has 2 N–H and O–H groups in total. The highest BCUT2D eigenvalue weighted by molar-refractivity contribution is 5.92. The summed E-state index contributed by atoms with van der Waals surface area (Å²) in [6.07, 6.45) is 2.86. The maximum absolute atomic E-state index is 11.8. The molecule has 0 fully saturated rings. The Hall–Kier alpha value is -2.50. The maximum Gasteiger partial charge on any atom is 0.285 e. The maximum atomic E-state index is 11.8. The fourth-order valence-electron chi connectivity index (χ4n) is 1.24. The van der Waals surface area contributed by atoms with Gasteiger partial charge >= 0.3 is 0 Å². The summed E-state index contributed by atoms with van der Waals surface area (Å²) in [5.74, 6) is -0.437. The molecule has 0 radical (unpaired) electrons. The van der Waals surface area contributed by atoms with Crippen molar-refractivity contribution < 1.29 is 4.79 Å². The molecule has 80 valence electrons. The highest BCUT2D eigenvalue weighted by atomic mass is 16.2. The van der Waals surface area contributed by atoms with E-state index in [1.807, 2.05) is 0 Å². The van der Waals surface area contributed by atoms with Crippen molar-refractivity contribution in [3.8, 4) is 5.82 Å². The Morgan fingerprint density at radius 2 is 2.06 bits per heavy atom. The molecule has 0 aliphatic rings. The van der Waals surface area contributed by atoms with Crippen LogP contribution in [0.15, 0.2) is 41.5 Å². The van der Waals surface area contributed by atoms with Gasteiger partial charge in [-0.1, -0.05) is 6.07 Å². The molecular formula is C10H8N4O2. The molecule has 2 rings (SSSR count). The molecule has 0 atom stereocenters. The SMILES string of the molecule is NC(=O)c1ccnn(-c2ccccn2)c1=O. The van der Waals surface area contributed by atoms with Crippen molar-refractivity contribution in [2.24, 2.45) is 5.73 Å². The lowest BCUT2D eigenvalue weighted by molar-refractivity contribution is 0.0998. The van der Waals surface area contributed by atoms with E-state index >= 15 is 0 Å². The summed E-state index contributed by atoms with van der Waals surface area (Å²) >= 11 is 0. The summed E-state index contributed by atoms with van der Waals surface area (Å²) in [5.41, 5.74) is 4.38. The zero-order chi connectivity index (χ0) is 11.5. The first kappa shape index (κ1) is 10.0. The molecule has 1 amide bonds. The smallest absolute Gasteiger partial charge is 0.285 e.